The van der Waals surface area contributed by atoms with Gasteiger partial charge in [0.15, 0.2) is 5.89 Å². The van der Waals surface area contributed by atoms with Crippen LogP contribution in [-0.2, 0) is 6.42 Å². The Morgan fingerprint density at radius 1 is 1.50 bits per heavy atom. The number of aromatic nitrogens is 1. The molecule has 0 radical (unpaired) electrons. The van der Waals surface area contributed by atoms with Crippen molar-refractivity contribution in [2.75, 3.05) is 20.2 Å². The summed E-state index contributed by atoms with van der Waals surface area (Å²) >= 11 is 0. The molecule has 90 valence electrons. The third-order valence-electron chi connectivity index (χ3n) is 3.29. The molecule has 16 heavy (non-hydrogen) atoms. The van der Waals surface area contributed by atoms with Crippen LogP contribution in [0.1, 0.15) is 42.6 Å². The first-order valence-corrected chi connectivity index (χ1v) is 5.99. The number of aryl methyl sites for hydroxylation is 1. The monoisotopic (exact) mass is 224 g/mol. The summed E-state index contributed by atoms with van der Waals surface area (Å²) < 4.78 is 5.56. The Bertz CT molecular complexity index is 349. The lowest BCUT2D eigenvalue weighted by Crippen LogP contribution is -2.30. The largest absolute Gasteiger partial charge is 0.446 e. The molecule has 1 fully saturated rings. The second kappa shape index (κ2) is 4.97. The molecule has 1 aromatic heterocycles. The van der Waals surface area contributed by atoms with Crippen molar-refractivity contribution in [3.8, 4) is 0 Å². The first kappa shape index (κ1) is 11.6. The van der Waals surface area contributed by atoms with Gasteiger partial charge in [0.1, 0.15) is 5.76 Å². The van der Waals surface area contributed by atoms with E-state index in [1.165, 1.54) is 12.8 Å². The molecule has 1 unspecified atom stereocenters. The molecule has 0 spiro atoms. The molecule has 0 bridgehead atoms. The predicted molar refractivity (Wildman–Crippen MR) is 61.3 cm³/mol. The smallest absolute Gasteiger partial charge is 0.196 e. The number of aliphatic hydroxyl groups is 1. The lowest BCUT2D eigenvalue weighted by Gasteiger charge is -2.31. The van der Waals surface area contributed by atoms with Crippen LogP contribution in [-0.4, -0.2) is 35.2 Å². The molecule has 0 amide bonds. The zero-order valence-electron chi connectivity index (χ0n) is 10.1. The van der Waals surface area contributed by atoms with E-state index in [1.54, 1.807) is 0 Å². The highest BCUT2D eigenvalue weighted by Gasteiger charge is 2.25. The quantitative estimate of drug-likeness (QED) is 0.848. The summed E-state index contributed by atoms with van der Waals surface area (Å²) in [5, 5.41) is 8.87. The number of oxazole rings is 1. The highest BCUT2D eigenvalue weighted by molar-refractivity contribution is 5.14. The van der Waals surface area contributed by atoms with Crippen molar-refractivity contribution in [3.05, 3.63) is 17.3 Å². The van der Waals surface area contributed by atoms with Gasteiger partial charge in [-0.05, 0) is 33.4 Å². The van der Waals surface area contributed by atoms with Gasteiger partial charge in [0.2, 0.25) is 0 Å². The molecule has 1 aliphatic heterocycles. The minimum Gasteiger partial charge on any atom is -0.446 e. The van der Waals surface area contributed by atoms with Gasteiger partial charge in [-0.2, -0.15) is 0 Å². The Kier molecular flexibility index (Phi) is 3.61. The molecule has 4 heteroatoms. The van der Waals surface area contributed by atoms with Crippen LogP contribution < -0.4 is 0 Å². The van der Waals surface area contributed by atoms with Gasteiger partial charge in [0, 0.05) is 6.42 Å². The zero-order valence-corrected chi connectivity index (χ0v) is 10.1. The van der Waals surface area contributed by atoms with E-state index in [0.717, 1.165) is 24.4 Å². The normalized spacial score (nSPS) is 22.6. The van der Waals surface area contributed by atoms with Crippen molar-refractivity contribution in [3.63, 3.8) is 0 Å². The standard InChI is InChI=1S/C12H20N2O2/c1-9-12(13-11(16-9)6-8-15)10-5-3-4-7-14(10)2/h10,15H,3-8H2,1-2H3. The fourth-order valence-electron chi connectivity index (χ4n) is 2.40. The Morgan fingerprint density at radius 2 is 2.31 bits per heavy atom. The average molecular weight is 224 g/mol. The van der Waals surface area contributed by atoms with Gasteiger partial charge >= 0.3 is 0 Å². The maximum Gasteiger partial charge on any atom is 0.196 e. The maximum atomic E-state index is 8.87. The predicted octanol–water partition coefficient (Wildman–Crippen LogP) is 1.67. The summed E-state index contributed by atoms with van der Waals surface area (Å²) in [6.45, 7) is 3.19. The van der Waals surface area contributed by atoms with Crippen LogP contribution in [0.2, 0.25) is 0 Å². The van der Waals surface area contributed by atoms with E-state index in [2.05, 4.69) is 16.9 Å². The molecule has 4 nitrogen and oxygen atoms in total. The molecule has 0 saturated carbocycles. The second-order valence-electron chi connectivity index (χ2n) is 4.51. The molecule has 1 aromatic rings. The van der Waals surface area contributed by atoms with E-state index in [0.29, 0.717) is 18.4 Å². The fourth-order valence-corrected chi connectivity index (χ4v) is 2.40. The van der Waals surface area contributed by atoms with Crippen molar-refractivity contribution in [2.24, 2.45) is 0 Å². The molecule has 1 aliphatic rings. The number of hydrogen-bond donors (Lipinski definition) is 1. The van der Waals surface area contributed by atoms with Crippen molar-refractivity contribution in [2.45, 2.75) is 38.6 Å². The second-order valence-corrected chi connectivity index (χ2v) is 4.51. The van der Waals surface area contributed by atoms with E-state index in [1.807, 2.05) is 6.92 Å². The third kappa shape index (κ3) is 2.28. The van der Waals surface area contributed by atoms with Crippen LogP contribution >= 0.6 is 0 Å². The van der Waals surface area contributed by atoms with Crippen molar-refractivity contribution in [1.82, 2.24) is 9.88 Å². The van der Waals surface area contributed by atoms with Gasteiger partial charge in [-0.15, -0.1) is 0 Å². The van der Waals surface area contributed by atoms with Gasteiger partial charge in [-0.3, -0.25) is 4.90 Å². The third-order valence-corrected chi connectivity index (χ3v) is 3.29. The van der Waals surface area contributed by atoms with E-state index >= 15 is 0 Å². The van der Waals surface area contributed by atoms with Gasteiger partial charge < -0.3 is 9.52 Å². The highest BCUT2D eigenvalue weighted by Crippen LogP contribution is 2.31. The number of rotatable bonds is 3. The fraction of sp³-hybridized carbons (Fsp3) is 0.750. The van der Waals surface area contributed by atoms with Gasteiger partial charge in [0.05, 0.1) is 18.3 Å². The average Bonchev–Trinajstić information content (AvgIpc) is 2.61. The lowest BCUT2D eigenvalue weighted by molar-refractivity contribution is 0.182. The van der Waals surface area contributed by atoms with Gasteiger partial charge in [-0.25, -0.2) is 4.98 Å². The highest BCUT2D eigenvalue weighted by atomic mass is 16.4. The summed E-state index contributed by atoms with van der Waals surface area (Å²) in [6, 6.07) is 0.393. The minimum absolute atomic E-state index is 0.0971. The van der Waals surface area contributed by atoms with E-state index in [4.69, 9.17) is 9.52 Å². The first-order chi connectivity index (χ1) is 7.72. The van der Waals surface area contributed by atoms with Crippen molar-refractivity contribution >= 4 is 0 Å². The van der Waals surface area contributed by atoms with Crippen molar-refractivity contribution in [1.29, 1.82) is 0 Å². The minimum atomic E-state index is 0.0971. The van der Waals surface area contributed by atoms with Crippen LogP contribution in [0.15, 0.2) is 4.42 Å². The molecule has 1 saturated heterocycles. The summed E-state index contributed by atoms with van der Waals surface area (Å²) in [6.07, 6.45) is 4.20. The van der Waals surface area contributed by atoms with Crippen LogP contribution in [0.3, 0.4) is 0 Å². The number of aliphatic hydroxyl groups excluding tert-OH is 1. The van der Waals surface area contributed by atoms with Gasteiger partial charge in [0.25, 0.3) is 0 Å². The molecule has 0 aromatic carbocycles. The van der Waals surface area contributed by atoms with Crippen LogP contribution in [0, 0.1) is 6.92 Å². The molecule has 0 aliphatic carbocycles. The molecule has 1 N–H and O–H groups in total. The number of hydrogen-bond acceptors (Lipinski definition) is 4. The lowest BCUT2D eigenvalue weighted by atomic mass is 9.99. The summed E-state index contributed by atoms with van der Waals surface area (Å²) in [4.78, 5) is 6.85. The van der Waals surface area contributed by atoms with Crippen LogP contribution in [0.25, 0.3) is 0 Å². The van der Waals surface area contributed by atoms with E-state index in [-0.39, 0.29) is 6.61 Å². The summed E-state index contributed by atoms with van der Waals surface area (Å²) in [5.41, 5.74) is 1.06. The van der Waals surface area contributed by atoms with Gasteiger partial charge in [-0.1, -0.05) is 6.42 Å². The molecule has 2 rings (SSSR count). The Morgan fingerprint density at radius 3 is 3.00 bits per heavy atom. The topological polar surface area (TPSA) is 49.5 Å². The number of likely N-dealkylation sites (tertiary alicyclic amines) is 1. The van der Waals surface area contributed by atoms with E-state index < -0.39 is 0 Å². The number of piperidine rings is 1. The van der Waals surface area contributed by atoms with Crippen molar-refractivity contribution < 1.29 is 9.52 Å². The summed E-state index contributed by atoms with van der Waals surface area (Å²) in [5.74, 6) is 1.57. The Hall–Kier alpha value is -0.870. The number of nitrogens with zero attached hydrogens (tertiary/aromatic N) is 2. The summed E-state index contributed by atoms with van der Waals surface area (Å²) in [7, 11) is 2.14. The van der Waals surface area contributed by atoms with E-state index in [9.17, 15) is 0 Å². The zero-order chi connectivity index (χ0) is 11.5. The van der Waals surface area contributed by atoms with Crippen LogP contribution in [0.5, 0.6) is 0 Å². The Balaban J connectivity index is 2.18. The first-order valence-electron chi connectivity index (χ1n) is 5.99. The molecule has 2 heterocycles. The molecule has 1 atom stereocenters. The maximum absolute atomic E-state index is 8.87. The van der Waals surface area contributed by atoms with Crippen LogP contribution in [0.4, 0.5) is 0 Å². The Labute approximate surface area is 96.3 Å². The molecular formula is C12H20N2O2. The molecular weight excluding hydrogens is 204 g/mol. The SMILES string of the molecule is Cc1oc(CCO)nc1C1CCCCN1C.